The number of nitrogens with zero attached hydrogens (tertiary/aromatic N) is 2. The van der Waals surface area contributed by atoms with Crippen LogP contribution in [0.2, 0.25) is 0 Å². The number of hydrogen-bond acceptors (Lipinski definition) is 1. The lowest BCUT2D eigenvalue weighted by molar-refractivity contribution is 0.615. The Labute approximate surface area is 111 Å². The SMILES string of the molecule is CCC1CC1n1c(C(C)Cl)nc2ccc(F)cc21. The molecule has 0 N–H and O–H groups in total. The first-order valence-electron chi connectivity index (χ1n) is 6.43. The molecule has 96 valence electrons. The highest BCUT2D eigenvalue weighted by Gasteiger charge is 2.39. The molecule has 3 atom stereocenters. The van der Waals surface area contributed by atoms with Crippen molar-refractivity contribution in [3.05, 3.63) is 29.8 Å². The van der Waals surface area contributed by atoms with Crippen molar-refractivity contribution in [2.75, 3.05) is 0 Å². The van der Waals surface area contributed by atoms with Gasteiger partial charge in [0.1, 0.15) is 11.6 Å². The van der Waals surface area contributed by atoms with E-state index in [1.54, 1.807) is 12.1 Å². The molecule has 0 radical (unpaired) electrons. The average molecular weight is 267 g/mol. The zero-order valence-corrected chi connectivity index (χ0v) is 11.3. The molecule has 18 heavy (non-hydrogen) atoms. The van der Waals surface area contributed by atoms with Crippen LogP contribution >= 0.6 is 11.6 Å². The first-order valence-corrected chi connectivity index (χ1v) is 6.87. The van der Waals surface area contributed by atoms with E-state index in [4.69, 9.17) is 11.6 Å². The van der Waals surface area contributed by atoms with E-state index >= 15 is 0 Å². The monoisotopic (exact) mass is 266 g/mol. The Balaban J connectivity index is 2.18. The number of rotatable bonds is 3. The van der Waals surface area contributed by atoms with E-state index in [1.165, 1.54) is 6.07 Å². The topological polar surface area (TPSA) is 17.8 Å². The summed E-state index contributed by atoms with van der Waals surface area (Å²) in [6, 6.07) is 5.19. The molecule has 0 spiro atoms. The van der Waals surface area contributed by atoms with Gasteiger partial charge in [-0.15, -0.1) is 11.6 Å². The Kier molecular flexibility index (Phi) is 2.81. The molecule has 1 aliphatic rings. The molecular formula is C14H16ClFN2. The van der Waals surface area contributed by atoms with Gasteiger partial charge in [-0.3, -0.25) is 0 Å². The van der Waals surface area contributed by atoms with Crippen LogP contribution in [-0.2, 0) is 0 Å². The van der Waals surface area contributed by atoms with Crippen LogP contribution in [0, 0.1) is 11.7 Å². The quantitative estimate of drug-likeness (QED) is 0.751. The van der Waals surface area contributed by atoms with Crippen LogP contribution in [0.5, 0.6) is 0 Å². The van der Waals surface area contributed by atoms with Crippen LogP contribution in [0.4, 0.5) is 4.39 Å². The smallest absolute Gasteiger partial charge is 0.127 e. The van der Waals surface area contributed by atoms with Crippen molar-refractivity contribution >= 4 is 22.6 Å². The van der Waals surface area contributed by atoms with Gasteiger partial charge in [0.25, 0.3) is 0 Å². The summed E-state index contributed by atoms with van der Waals surface area (Å²) in [5.74, 6) is 1.32. The van der Waals surface area contributed by atoms with Gasteiger partial charge >= 0.3 is 0 Å². The molecule has 1 aromatic carbocycles. The fourth-order valence-corrected chi connectivity index (χ4v) is 2.85. The normalized spacial score (nSPS) is 24.4. The Bertz CT molecular complexity index is 591. The third-order valence-electron chi connectivity index (χ3n) is 3.78. The van der Waals surface area contributed by atoms with Gasteiger partial charge in [-0.25, -0.2) is 9.37 Å². The molecule has 0 saturated heterocycles. The van der Waals surface area contributed by atoms with Gasteiger partial charge in [-0.1, -0.05) is 13.3 Å². The number of fused-ring (bicyclic) bond motifs is 1. The van der Waals surface area contributed by atoms with E-state index in [0.717, 1.165) is 29.7 Å². The van der Waals surface area contributed by atoms with Crippen LogP contribution < -0.4 is 0 Å². The molecule has 1 aliphatic carbocycles. The van der Waals surface area contributed by atoms with Gasteiger partial charge < -0.3 is 4.57 Å². The van der Waals surface area contributed by atoms with Crippen LogP contribution in [0.1, 0.15) is 43.9 Å². The number of hydrogen-bond donors (Lipinski definition) is 0. The molecule has 0 aliphatic heterocycles. The van der Waals surface area contributed by atoms with Crippen molar-refractivity contribution < 1.29 is 4.39 Å². The number of halogens is 2. The highest BCUT2D eigenvalue weighted by molar-refractivity contribution is 6.20. The van der Waals surface area contributed by atoms with E-state index < -0.39 is 0 Å². The standard InChI is InChI=1S/C14H16ClFN2/c1-3-9-6-12(9)18-13-7-10(16)4-5-11(13)17-14(18)8(2)15/h4-5,7-9,12H,3,6H2,1-2H3. The zero-order chi connectivity index (χ0) is 12.9. The largest absolute Gasteiger partial charge is 0.323 e. The molecule has 2 nitrogen and oxygen atoms in total. The predicted octanol–water partition coefficient (Wildman–Crippen LogP) is 4.45. The van der Waals surface area contributed by atoms with E-state index in [0.29, 0.717) is 12.0 Å². The van der Waals surface area contributed by atoms with Crippen LogP contribution in [0.15, 0.2) is 18.2 Å². The van der Waals surface area contributed by atoms with E-state index in [1.807, 2.05) is 6.92 Å². The summed E-state index contributed by atoms with van der Waals surface area (Å²) in [7, 11) is 0. The van der Waals surface area contributed by atoms with Gasteiger partial charge in [0.15, 0.2) is 0 Å². The lowest BCUT2D eigenvalue weighted by Crippen LogP contribution is -2.03. The third kappa shape index (κ3) is 1.81. The molecule has 0 amide bonds. The highest BCUT2D eigenvalue weighted by atomic mass is 35.5. The lowest BCUT2D eigenvalue weighted by atomic mass is 10.3. The summed E-state index contributed by atoms with van der Waals surface area (Å²) in [5.41, 5.74) is 1.71. The Morgan fingerprint density at radius 2 is 2.33 bits per heavy atom. The molecule has 1 saturated carbocycles. The minimum Gasteiger partial charge on any atom is -0.323 e. The number of alkyl halides is 1. The minimum absolute atomic E-state index is 0.154. The second-order valence-corrected chi connectivity index (χ2v) is 5.72. The van der Waals surface area contributed by atoms with Crippen molar-refractivity contribution in [2.45, 2.75) is 38.1 Å². The van der Waals surface area contributed by atoms with E-state index in [2.05, 4.69) is 16.5 Å². The maximum Gasteiger partial charge on any atom is 0.127 e. The fourth-order valence-electron chi connectivity index (χ4n) is 2.70. The highest BCUT2D eigenvalue weighted by Crippen LogP contribution is 2.48. The lowest BCUT2D eigenvalue weighted by Gasteiger charge is -2.10. The fraction of sp³-hybridized carbons (Fsp3) is 0.500. The van der Waals surface area contributed by atoms with Crippen molar-refractivity contribution in [1.82, 2.24) is 9.55 Å². The number of benzene rings is 1. The summed E-state index contributed by atoms with van der Waals surface area (Å²) in [6.45, 7) is 4.10. The molecule has 4 heteroatoms. The van der Waals surface area contributed by atoms with Crippen molar-refractivity contribution in [3.8, 4) is 0 Å². The zero-order valence-electron chi connectivity index (χ0n) is 10.5. The third-order valence-corrected chi connectivity index (χ3v) is 3.97. The van der Waals surface area contributed by atoms with Gasteiger partial charge in [0.2, 0.25) is 0 Å². The second kappa shape index (κ2) is 4.23. The van der Waals surface area contributed by atoms with Crippen molar-refractivity contribution in [3.63, 3.8) is 0 Å². The van der Waals surface area contributed by atoms with E-state index in [-0.39, 0.29) is 11.2 Å². The Hall–Kier alpha value is -1.09. The predicted molar refractivity (Wildman–Crippen MR) is 71.4 cm³/mol. The first kappa shape index (κ1) is 12.0. The summed E-state index contributed by atoms with van der Waals surface area (Å²) < 4.78 is 15.6. The molecular weight excluding hydrogens is 251 g/mol. The number of aromatic nitrogens is 2. The maximum absolute atomic E-state index is 13.4. The summed E-state index contributed by atoms with van der Waals surface area (Å²) in [6.07, 6.45) is 2.30. The molecule has 3 unspecified atom stereocenters. The second-order valence-electron chi connectivity index (χ2n) is 5.06. The summed E-state index contributed by atoms with van der Waals surface area (Å²) in [5, 5.41) is -0.154. The van der Waals surface area contributed by atoms with Gasteiger partial charge in [-0.05, 0) is 37.5 Å². The van der Waals surface area contributed by atoms with Crippen LogP contribution in [-0.4, -0.2) is 9.55 Å². The van der Waals surface area contributed by atoms with Crippen LogP contribution in [0.25, 0.3) is 11.0 Å². The number of imidazole rings is 1. The molecule has 2 aromatic rings. The molecule has 1 fully saturated rings. The van der Waals surface area contributed by atoms with E-state index in [9.17, 15) is 4.39 Å². The Morgan fingerprint density at radius 1 is 1.56 bits per heavy atom. The minimum atomic E-state index is -0.217. The molecule has 3 rings (SSSR count). The Morgan fingerprint density at radius 3 is 2.94 bits per heavy atom. The average Bonchev–Trinajstić information content (AvgIpc) is 3.01. The maximum atomic E-state index is 13.4. The summed E-state index contributed by atoms with van der Waals surface area (Å²) >= 11 is 6.21. The van der Waals surface area contributed by atoms with Crippen molar-refractivity contribution in [1.29, 1.82) is 0 Å². The van der Waals surface area contributed by atoms with Crippen LogP contribution in [0.3, 0.4) is 0 Å². The van der Waals surface area contributed by atoms with Gasteiger partial charge in [0, 0.05) is 6.04 Å². The molecule has 1 aromatic heterocycles. The van der Waals surface area contributed by atoms with Gasteiger partial charge in [-0.2, -0.15) is 0 Å². The first-order chi connectivity index (χ1) is 8.61. The van der Waals surface area contributed by atoms with Crippen molar-refractivity contribution in [2.24, 2.45) is 5.92 Å². The molecule has 1 heterocycles. The van der Waals surface area contributed by atoms with Gasteiger partial charge in [0.05, 0.1) is 16.4 Å². The summed E-state index contributed by atoms with van der Waals surface area (Å²) in [4.78, 5) is 4.55. The molecule has 0 bridgehead atoms.